The Balaban J connectivity index is 1.75. The fourth-order valence-electron chi connectivity index (χ4n) is 4.12. The monoisotopic (exact) mass is 452 g/mol. The Hall–Kier alpha value is -2.63. The van der Waals surface area contributed by atoms with E-state index in [4.69, 9.17) is 11.6 Å². The molecule has 1 fully saturated rings. The van der Waals surface area contributed by atoms with Gasteiger partial charge in [0.1, 0.15) is 6.04 Å². The molecule has 0 radical (unpaired) electrons. The van der Waals surface area contributed by atoms with Crippen molar-refractivity contribution >= 4 is 40.4 Å². The summed E-state index contributed by atoms with van der Waals surface area (Å²) >= 11 is 8.08. The van der Waals surface area contributed by atoms with E-state index >= 15 is 0 Å². The molecule has 160 valence electrons. The van der Waals surface area contributed by atoms with Gasteiger partial charge in [-0.25, -0.2) is 0 Å². The van der Waals surface area contributed by atoms with Crippen LogP contribution in [0.5, 0.6) is 0 Å². The Kier molecular flexibility index (Phi) is 7.05. The fourth-order valence-corrected chi connectivity index (χ4v) is 5.05. The summed E-state index contributed by atoms with van der Waals surface area (Å²) in [5.74, 6) is -0.330. The Morgan fingerprint density at radius 2 is 1.71 bits per heavy atom. The van der Waals surface area contributed by atoms with Gasteiger partial charge in [0.25, 0.3) is 0 Å². The van der Waals surface area contributed by atoms with Crippen molar-refractivity contribution in [1.29, 1.82) is 0 Å². The van der Waals surface area contributed by atoms with Crippen LogP contribution in [0.1, 0.15) is 42.2 Å². The summed E-state index contributed by atoms with van der Waals surface area (Å²) in [4.78, 5) is 29.8. The number of nitrogens with one attached hydrogen (secondary N) is 1. The number of thiophene rings is 1. The van der Waals surface area contributed by atoms with Crippen molar-refractivity contribution in [2.75, 3.05) is 4.90 Å². The van der Waals surface area contributed by atoms with Crippen molar-refractivity contribution in [2.24, 2.45) is 0 Å². The van der Waals surface area contributed by atoms with E-state index in [2.05, 4.69) is 5.32 Å². The topological polar surface area (TPSA) is 49.4 Å². The van der Waals surface area contributed by atoms with Gasteiger partial charge >= 0.3 is 0 Å². The first-order valence-corrected chi connectivity index (χ1v) is 11.8. The van der Waals surface area contributed by atoms with Crippen LogP contribution in [0.2, 0.25) is 5.02 Å². The molecule has 0 bridgehead atoms. The molecule has 1 aliphatic carbocycles. The molecular formula is C25H25ClN2O2S. The van der Waals surface area contributed by atoms with Gasteiger partial charge in [0.15, 0.2) is 0 Å². The van der Waals surface area contributed by atoms with Gasteiger partial charge in [0, 0.05) is 27.2 Å². The molecule has 1 aromatic heterocycles. The minimum Gasteiger partial charge on any atom is -0.351 e. The first-order valence-electron chi connectivity index (χ1n) is 10.6. The van der Waals surface area contributed by atoms with Crippen molar-refractivity contribution in [3.8, 4) is 0 Å². The van der Waals surface area contributed by atoms with Crippen molar-refractivity contribution in [1.82, 2.24) is 5.32 Å². The molecule has 1 heterocycles. The highest BCUT2D eigenvalue weighted by atomic mass is 35.5. The summed E-state index contributed by atoms with van der Waals surface area (Å²) < 4.78 is 0. The number of carbonyl (C=O) groups is 2. The molecule has 1 saturated carbocycles. The van der Waals surface area contributed by atoms with Gasteiger partial charge in [0.05, 0.1) is 6.42 Å². The zero-order chi connectivity index (χ0) is 21.6. The summed E-state index contributed by atoms with van der Waals surface area (Å²) in [5, 5.41) is 5.60. The third kappa shape index (κ3) is 5.17. The van der Waals surface area contributed by atoms with Crippen molar-refractivity contribution in [2.45, 2.75) is 44.2 Å². The molecule has 1 atom stereocenters. The smallest absolute Gasteiger partial charge is 0.248 e. The summed E-state index contributed by atoms with van der Waals surface area (Å²) in [6, 6.07) is 19.8. The summed E-state index contributed by atoms with van der Waals surface area (Å²) in [6.45, 7) is 0. The van der Waals surface area contributed by atoms with Crippen LogP contribution in [0.25, 0.3) is 0 Å². The largest absolute Gasteiger partial charge is 0.351 e. The van der Waals surface area contributed by atoms with E-state index in [0.717, 1.165) is 30.6 Å². The second-order valence-corrected chi connectivity index (χ2v) is 9.21. The number of rotatable bonds is 7. The van der Waals surface area contributed by atoms with Crippen LogP contribution in [0.3, 0.4) is 0 Å². The number of halogens is 1. The van der Waals surface area contributed by atoms with E-state index in [9.17, 15) is 9.59 Å². The minimum absolute atomic E-state index is 0.139. The molecule has 4 rings (SSSR count). The van der Waals surface area contributed by atoms with Gasteiger partial charge in [-0.05, 0) is 42.5 Å². The van der Waals surface area contributed by atoms with Crippen LogP contribution in [0.15, 0.2) is 72.1 Å². The molecule has 0 aliphatic heterocycles. The third-order valence-corrected chi connectivity index (χ3v) is 6.84. The van der Waals surface area contributed by atoms with Gasteiger partial charge in [-0.15, -0.1) is 11.3 Å². The molecule has 4 nitrogen and oxygen atoms in total. The predicted octanol–water partition coefficient (Wildman–Crippen LogP) is 5.78. The van der Waals surface area contributed by atoms with Gasteiger partial charge in [-0.2, -0.15) is 0 Å². The average Bonchev–Trinajstić information content (AvgIpc) is 3.47. The van der Waals surface area contributed by atoms with E-state index in [0.29, 0.717) is 16.3 Å². The highest BCUT2D eigenvalue weighted by Gasteiger charge is 2.35. The third-order valence-electron chi connectivity index (χ3n) is 5.62. The van der Waals surface area contributed by atoms with Gasteiger partial charge in [-0.3, -0.25) is 14.5 Å². The zero-order valence-electron chi connectivity index (χ0n) is 17.2. The summed E-state index contributed by atoms with van der Waals surface area (Å²) in [7, 11) is 0. The van der Waals surface area contributed by atoms with Crippen LogP contribution >= 0.6 is 22.9 Å². The van der Waals surface area contributed by atoms with Crippen molar-refractivity contribution in [3.63, 3.8) is 0 Å². The van der Waals surface area contributed by atoms with Crippen LogP contribution in [-0.2, 0) is 16.0 Å². The molecule has 0 spiro atoms. The highest BCUT2D eigenvalue weighted by molar-refractivity contribution is 7.10. The van der Waals surface area contributed by atoms with Crippen molar-refractivity contribution in [3.05, 3.63) is 87.6 Å². The maximum Gasteiger partial charge on any atom is 0.248 e. The molecule has 3 aromatic rings. The zero-order valence-corrected chi connectivity index (χ0v) is 18.7. The number of hydrogen-bond donors (Lipinski definition) is 1. The van der Waals surface area contributed by atoms with Gasteiger partial charge < -0.3 is 5.32 Å². The SMILES string of the molecule is O=C(NC1CCCC1)[C@H](c1ccccc1Cl)N(C(=O)Cc1cccs1)c1ccccc1. The molecule has 1 N–H and O–H groups in total. The van der Waals surface area contributed by atoms with Crippen molar-refractivity contribution < 1.29 is 9.59 Å². The molecule has 0 unspecified atom stereocenters. The van der Waals surface area contributed by atoms with E-state index in [1.165, 1.54) is 11.3 Å². The van der Waals surface area contributed by atoms with E-state index < -0.39 is 6.04 Å². The number of hydrogen-bond acceptors (Lipinski definition) is 3. The second-order valence-electron chi connectivity index (χ2n) is 7.77. The Morgan fingerprint density at radius 1 is 1.00 bits per heavy atom. The van der Waals surface area contributed by atoms with Crippen LogP contribution in [0.4, 0.5) is 5.69 Å². The molecule has 1 aliphatic rings. The molecular weight excluding hydrogens is 428 g/mol. The Morgan fingerprint density at radius 3 is 2.39 bits per heavy atom. The number of amides is 2. The number of carbonyl (C=O) groups excluding carboxylic acids is 2. The first kappa shape index (κ1) is 21.6. The molecule has 31 heavy (non-hydrogen) atoms. The number of benzene rings is 2. The van der Waals surface area contributed by atoms with Crippen LogP contribution < -0.4 is 10.2 Å². The number of anilines is 1. The van der Waals surface area contributed by atoms with Gasteiger partial charge in [-0.1, -0.05) is 66.9 Å². The van der Waals surface area contributed by atoms with Crippen LogP contribution in [-0.4, -0.2) is 17.9 Å². The quantitative estimate of drug-likeness (QED) is 0.494. The molecule has 0 saturated heterocycles. The van der Waals surface area contributed by atoms with E-state index in [-0.39, 0.29) is 24.3 Å². The van der Waals surface area contributed by atoms with Crippen LogP contribution in [0, 0.1) is 0 Å². The number of nitrogens with zero attached hydrogens (tertiary/aromatic N) is 1. The van der Waals surface area contributed by atoms with E-state index in [1.807, 2.05) is 66.0 Å². The molecule has 6 heteroatoms. The predicted molar refractivity (Wildman–Crippen MR) is 127 cm³/mol. The normalized spacial score (nSPS) is 14.9. The maximum atomic E-state index is 13.6. The second kappa shape index (κ2) is 10.1. The Labute approximate surface area is 191 Å². The van der Waals surface area contributed by atoms with E-state index in [1.54, 1.807) is 11.0 Å². The Bertz CT molecular complexity index is 1020. The minimum atomic E-state index is -0.843. The van der Waals surface area contributed by atoms with Gasteiger partial charge in [0.2, 0.25) is 11.8 Å². The maximum absolute atomic E-state index is 13.6. The lowest BCUT2D eigenvalue weighted by Gasteiger charge is -2.32. The summed E-state index contributed by atoms with van der Waals surface area (Å²) in [5.41, 5.74) is 1.30. The number of para-hydroxylation sites is 1. The lowest BCUT2D eigenvalue weighted by Crippen LogP contribution is -2.47. The first-order chi connectivity index (χ1) is 15.1. The molecule has 2 aromatic carbocycles. The average molecular weight is 453 g/mol. The standard InChI is InChI=1S/C25H25ClN2O2S/c26-22-15-7-6-14-21(22)24(25(30)27-18-9-4-5-10-18)28(19-11-2-1-3-12-19)23(29)17-20-13-8-16-31-20/h1-3,6-8,11-16,18,24H,4-5,9-10,17H2,(H,27,30)/t24-/m0/s1. The lowest BCUT2D eigenvalue weighted by molar-refractivity contribution is -0.127. The lowest BCUT2D eigenvalue weighted by atomic mass is 10.0. The highest BCUT2D eigenvalue weighted by Crippen LogP contribution is 2.33. The fraction of sp³-hybridized carbons (Fsp3) is 0.280. The molecule has 2 amide bonds. The summed E-state index contributed by atoms with van der Waals surface area (Å²) in [6.07, 6.45) is 4.39.